The van der Waals surface area contributed by atoms with Crippen molar-refractivity contribution in [2.45, 2.75) is 39.2 Å². The third kappa shape index (κ3) is 4.36. The summed E-state index contributed by atoms with van der Waals surface area (Å²) in [7, 11) is 1.48. The second-order valence-electron chi connectivity index (χ2n) is 8.39. The number of anilines is 1. The minimum Gasteiger partial charge on any atom is -0.501 e. The van der Waals surface area contributed by atoms with Gasteiger partial charge in [0.25, 0.3) is 11.5 Å². The third-order valence-electron chi connectivity index (χ3n) is 6.17. The number of carbonyl (C=O) groups is 1. The van der Waals surface area contributed by atoms with Crippen LogP contribution in [-0.2, 0) is 13.6 Å². The Labute approximate surface area is 206 Å². The maximum Gasteiger partial charge on any atom is 0.296 e. The average Bonchev–Trinajstić information content (AvgIpc) is 3.52. The number of nitriles is 1. The predicted molar refractivity (Wildman–Crippen MR) is 130 cm³/mol. The van der Waals surface area contributed by atoms with Crippen molar-refractivity contribution in [2.75, 3.05) is 5.32 Å². The molecule has 4 aromatic rings. The van der Waals surface area contributed by atoms with Crippen molar-refractivity contribution in [3.63, 3.8) is 0 Å². The summed E-state index contributed by atoms with van der Waals surface area (Å²) in [5, 5.41) is 30.9. The lowest BCUT2D eigenvalue weighted by atomic mass is 9.79. The second kappa shape index (κ2) is 9.87. The van der Waals surface area contributed by atoms with E-state index < -0.39 is 34.7 Å². The van der Waals surface area contributed by atoms with Crippen molar-refractivity contribution in [3.8, 4) is 11.8 Å². The number of benzene rings is 1. The van der Waals surface area contributed by atoms with Crippen LogP contribution in [0.15, 0.2) is 52.2 Å². The Morgan fingerprint density at radius 1 is 1.31 bits per heavy atom. The molecule has 11 heteroatoms. The maximum atomic E-state index is 13.0. The third-order valence-corrected chi connectivity index (χ3v) is 6.17. The molecule has 0 unspecified atom stereocenters. The molecule has 184 valence electrons. The summed E-state index contributed by atoms with van der Waals surface area (Å²) in [6.45, 7) is 6.38. The minimum absolute atomic E-state index is 0.250. The number of amides is 1. The number of hydrogen-bond acceptors (Lipinski definition) is 8. The smallest absolute Gasteiger partial charge is 0.296 e. The Morgan fingerprint density at radius 2 is 2.06 bits per heavy atom. The topological polar surface area (TPSA) is 152 Å². The van der Waals surface area contributed by atoms with E-state index in [2.05, 4.69) is 26.6 Å². The van der Waals surface area contributed by atoms with Crippen LogP contribution in [0, 0.1) is 18.3 Å². The maximum absolute atomic E-state index is 13.0. The van der Waals surface area contributed by atoms with Gasteiger partial charge < -0.3 is 14.9 Å². The van der Waals surface area contributed by atoms with Crippen LogP contribution in [0.2, 0.25) is 0 Å². The number of nitrogens with one attached hydrogen (secondary N) is 1. The van der Waals surface area contributed by atoms with Gasteiger partial charge in [0.2, 0.25) is 5.75 Å². The number of nitrogens with zero attached hydrogens (tertiary/aromatic N) is 6. The highest BCUT2D eigenvalue weighted by atomic mass is 16.5. The molecule has 3 aromatic heterocycles. The summed E-state index contributed by atoms with van der Waals surface area (Å²) < 4.78 is 7.74. The first-order chi connectivity index (χ1) is 17.3. The summed E-state index contributed by atoms with van der Waals surface area (Å²) in [5.41, 5.74) is 1.92. The Kier molecular flexibility index (Phi) is 6.69. The molecule has 0 fully saturated rings. The van der Waals surface area contributed by atoms with Gasteiger partial charge in [-0.1, -0.05) is 30.3 Å². The van der Waals surface area contributed by atoms with Crippen molar-refractivity contribution in [1.82, 2.24) is 24.5 Å². The highest BCUT2D eigenvalue weighted by molar-refractivity contribution is 6.04. The Hall–Kier alpha value is -4.72. The molecule has 0 spiro atoms. The molecule has 2 N–H and O–H groups in total. The number of hydrogen-bond donors (Lipinski definition) is 2. The number of aryl methyl sites for hydroxylation is 2. The van der Waals surface area contributed by atoms with E-state index in [0.717, 1.165) is 16.8 Å². The van der Waals surface area contributed by atoms with Crippen molar-refractivity contribution >= 4 is 11.6 Å². The zero-order valence-corrected chi connectivity index (χ0v) is 20.3. The summed E-state index contributed by atoms with van der Waals surface area (Å²) >= 11 is 0. The standard InChI is InChI=1S/C25H25N7O4/c1-5-32-12-19(15(3)30-32)20(18-9-7-6-8-16(18)10-26)14(2)23-29-21(22(33)25(35)31(23)4)24(34)28-17-11-27-36-13-17/h6-9,11-14,20,33H,5H2,1-4H3,(H,28,34)/t14-,20+/m1/s1. The summed E-state index contributed by atoms with van der Waals surface area (Å²) in [6, 6.07) is 9.47. The SMILES string of the molecule is CCn1cc([C@H](c2ccccc2C#N)[C@@H](C)c2nc(C(=O)Nc3cnoc3)c(O)c(=O)n2C)c(C)n1. The number of aromatic hydroxyl groups is 1. The van der Waals surface area contributed by atoms with Crippen molar-refractivity contribution in [2.24, 2.45) is 7.05 Å². The van der Waals surface area contributed by atoms with Crippen LogP contribution in [0.1, 0.15) is 64.4 Å². The molecule has 0 bridgehead atoms. The highest BCUT2D eigenvalue weighted by Gasteiger charge is 2.32. The molecule has 1 aromatic carbocycles. The van der Waals surface area contributed by atoms with E-state index in [1.165, 1.54) is 24.1 Å². The molecule has 2 atom stereocenters. The zero-order chi connectivity index (χ0) is 26.0. The van der Waals surface area contributed by atoms with Crippen LogP contribution in [-0.4, -0.2) is 35.5 Å². The van der Waals surface area contributed by atoms with Crippen LogP contribution in [0.3, 0.4) is 0 Å². The quantitative estimate of drug-likeness (QED) is 0.403. The van der Waals surface area contributed by atoms with Gasteiger partial charge in [0.1, 0.15) is 17.8 Å². The fourth-order valence-electron chi connectivity index (χ4n) is 4.36. The van der Waals surface area contributed by atoms with E-state index in [1.807, 2.05) is 39.1 Å². The van der Waals surface area contributed by atoms with Crippen LogP contribution in [0.25, 0.3) is 0 Å². The lowest BCUT2D eigenvalue weighted by Crippen LogP contribution is -2.29. The molecular formula is C25H25N7O4. The van der Waals surface area contributed by atoms with Gasteiger partial charge in [-0.15, -0.1) is 0 Å². The van der Waals surface area contributed by atoms with E-state index in [0.29, 0.717) is 12.1 Å². The zero-order valence-electron chi connectivity index (χ0n) is 20.3. The summed E-state index contributed by atoms with van der Waals surface area (Å²) in [4.78, 5) is 30.3. The van der Waals surface area contributed by atoms with Crippen LogP contribution in [0.4, 0.5) is 5.69 Å². The van der Waals surface area contributed by atoms with E-state index in [-0.39, 0.29) is 11.5 Å². The Bertz CT molecular complexity index is 1510. The van der Waals surface area contributed by atoms with E-state index in [1.54, 1.807) is 16.8 Å². The van der Waals surface area contributed by atoms with Gasteiger partial charge in [-0.25, -0.2) is 4.98 Å². The minimum atomic E-state index is -0.786. The van der Waals surface area contributed by atoms with Gasteiger partial charge in [-0.2, -0.15) is 10.4 Å². The van der Waals surface area contributed by atoms with Crippen LogP contribution >= 0.6 is 0 Å². The van der Waals surface area contributed by atoms with E-state index >= 15 is 0 Å². The monoisotopic (exact) mass is 487 g/mol. The molecule has 3 heterocycles. The average molecular weight is 488 g/mol. The molecule has 0 saturated heterocycles. The first-order valence-electron chi connectivity index (χ1n) is 11.3. The van der Waals surface area contributed by atoms with Gasteiger partial charge in [0, 0.05) is 37.2 Å². The lowest BCUT2D eigenvalue weighted by molar-refractivity contribution is 0.101. The molecule has 11 nitrogen and oxygen atoms in total. The Morgan fingerprint density at radius 3 is 2.69 bits per heavy atom. The largest absolute Gasteiger partial charge is 0.501 e. The molecular weight excluding hydrogens is 462 g/mol. The van der Waals surface area contributed by atoms with Gasteiger partial charge >= 0.3 is 0 Å². The first kappa shape index (κ1) is 24.4. The number of aromatic nitrogens is 5. The molecule has 4 rings (SSSR count). The summed E-state index contributed by atoms with van der Waals surface area (Å²) in [6.07, 6.45) is 4.41. The number of carbonyl (C=O) groups excluding carboxylic acids is 1. The molecule has 0 aliphatic carbocycles. The normalized spacial score (nSPS) is 12.6. The summed E-state index contributed by atoms with van der Waals surface area (Å²) in [5.74, 6) is -2.21. The molecule has 0 aliphatic heterocycles. The van der Waals surface area contributed by atoms with Crippen LogP contribution < -0.4 is 10.9 Å². The Balaban J connectivity index is 1.89. The number of rotatable bonds is 7. The van der Waals surface area contributed by atoms with Gasteiger partial charge in [0.05, 0.1) is 23.5 Å². The molecule has 1 amide bonds. The highest BCUT2D eigenvalue weighted by Crippen LogP contribution is 2.40. The lowest BCUT2D eigenvalue weighted by Gasteiger charge is -2.26. The van der Waals surface area contributed by atoms with E-state index in [4.69, 9.17) is 4.52 Å². The first-order valence-corrected chi connectivity index (χ1v) is 11.3. The fraction of sp³-hybridized carbons (Fsp3) is 0.280. The van der Waals surface area contributed by atoms with Crippen molar-refractivity contribution < 1.29 is 14.4 Å². The van der Waals surface area contributed by atoms with Gasteiger partial charge in [-0.3, -0.25) is 18.8 Å². The fourth-order valence-corrected chi connectivity index (χ4v) is 4.36. The van der Waals surface area contributed by atoms with Crippen molar-refractivity contribution in [1.29, 1.82) is 5.26 Å². The van der Waals surface area contributed by atoms with Crippen molar-refractivity contribution in [3.05, 3.63) is 87.2 Å². The molecule has 0 radical (unpaired) electrons. The van der Waals surface area contributed by atoms with E-state index in [9.17, 15) is 20.0 Å². The van der Waals surface area contributed by atoms with Crippen LogP contribution in [0.5, 0.6) is 5.75 Å². The molecule has 0 saturated carbocycles. The van der Waals surface area contributed by atoms with Gasteiger partial charge in [-0.05, 0) is 25.5 Å². The van der Waals surface area contributed by atoms with Gasteiger partial charge in [0.15, 0.2) is 5.69 Å². The molecule has 0 aliphatic rings. The second-order valence-corrected chi connectivity index (χ2v) is 8.39. The molecule has 36 heavy (non-hydrogen) atoms. The predicted octanol–water partition coefficient (Wildman–Crippen LogP) is 3.06.